The lowest BCUT2D eigenvalue weighted by atomic mass is 10.1. The maximum Gasteiger partial charge on any atom is 0.419 e. The zero-order chi connectivity index (χ0) is 15.4. The number of sulfone groups is 1. The Balaban J connectivity index is 2.90. The van der Waals surface area contributed by atoms with E-state index >= 15 is 0 Å². The second-order valence-corrected chi connectivity index (χ2v) is 6.59. The molecule has 1 aromatic rings. The molecule has 8 heteroatoms. The third-order valence-electron chi connectivity index (χ3n) is 2.68. The van der Waals surface area contributed by atoms with Crippen molar-refractivity contribution in [3.05, 3.63) is 29.3 Å². The van der Waals surface area contributed by atoms with Gasteiger partial charge in [0, 0.05) is 12.3 Å². The first-order chi connectivity index (χ1) is 9.19. The molecule has 0 aromatic heterocycles. The van der Waals surface area contributed by atoms with Crippen molar-refractivity contribution < 1.29 is 26.3 Å². The Labute approximate surface area is 115 Å². The minimum Gasteiger partial charge on any atom is -0.492 e. The summed E-state index contributed by atoms with van der Waals surface area (Å²) in [5.74, 6) is -0.783. The van der Waals surface area contributed by atoms with Crippen molar-refractivity contribution in [3.8, 4) is 5.75 Å². The summed E-state index contributed by atoms with van der Waals surface area (Å²) >= 11 is 0. The molecule has 0 fully saturated rings. The van der Waals surface area contributed by atoms with Crippen LogP contribution in [-0.4, -0.2) is 26.5 Å². The van der Waals surface area contributed by atoms with Crippen molar-refractivity contribution in [3.63, 3.8) is 0 Å². The smallest absolute Gasteiger partial charge is 0.419 e. The molecule has 0 unspecified atom stereocenters. The lowest BCUT2D eigenvalue weighted by molar-refractivity contribution is -0.138. The fourth-order valence-electron chi connectivity index (χ4n) is 1.47. The molecule has 0 saturated carbocycles. The number of rotatable bonds is 6. The van der Waals surface area contributed by atoms with Gasteiger partial charge in [-0.25, -0.2) is 8.42 Å². The van der Waals surface area contributed by atoms with Gasteiger partial charge in [-0.3, -0.25) is 0 Å². The predicted molar refractivity (Wildman–Crippen MR) is 69.2 cm³/mol. The van der Waals surface area contributed by atoms with E-state index in [1.807, 2.05) is 0 Å². The summed E-state index contributed by atoms with van der Waals surface area (Å²) in [4.78, 5) is 0. The average Bonchev–Trinajstić information content (AvgIpc) is 2.37. The van der Waals surface area contributed by atoms with Gasteiger partial charge in [0.05, 0.1) is 11.3 Å². The van der Waals surface area contributed by atoms with E-state index in [1.165, 1.54) is 13.0 Å². The molecule has 4 nitrogen and oxygen atoms in total. The highest BCUT2D eigenvalue weighted by Crippen LogP contribution is 2.36. The fourth-order valence-corrected chi connectivity index (χ4v) is 2.10. The van der Waals surface area contributed by atoms with Gasteiger partial charge in [-0.15, -0.1) is 0 Å². The molecule has 0 aliphatic heterocycles. The highest BCUT2D eigenvalue weighted by molar-refractivity contribution is 7.91. The third-order valence-corrected chi connectivity index (χ3v) is 4.35. The minimum atomic E-state index is -4.58. The molecule has 0 bridgehead atoms. The van der Waals surface area contributed by atoms with Crippen LogP contribution in [0.4, 0.5) is 13.2 Å². The maximum absolute atomic E-state index is 12.9. The van der Waals surface area contributed by atoms with Gasteiger partial charge in [0.15, 0.2) is 9.84 Å². The van der Waals surface area contributed by atoms with E-state index in [2.05, 4.69) is 0 Å². The van der Waals surface area contributed by atoms with Crippen molar-refractivity contribution in [2.24, 2.45) is 5.73 Å². The van der Waals surface area contributed by atoms with Gasteiger partial charge in [0.25, 0.3) is 0 Å². The van der Waals surface area contributed by atoms with Gasteiger partial charge in [-0.1, -0.05) is 13.0 Å². The van der Waals surface area contributed by atoms with E-state index in [9.17, 15) is 21.6 Å². The number of hydrogen-bond acceptors (Lipinski definition) is 4. The van der Waals surface area contributed by atoms with Crippen molar-refractivity contribution in [1.82, 2.24) is 0 Å². The zero-order valence-electron chi connectivity index (χ0n) is 10.9. The Bertz CT molecular complexity index is 556. The van der Waals surface area contributed by atoms with Crippen LogP contribution in [0.5, 0.6) is 5.75 Å². The van der Waals surface area contributed by atoms with Crippen LogP contribution in [0.3, 0.4) is 0 Å². The molecule has 0 aliphatic carbocycles. The van der Waals surface area contributed by atoms with Gasteiger partial charge in [-0.05, 0) is 17.7 Å². The van der Waals surface area contributed by atoms with Crippen LogP contribution in [0.25, 0.3) is 0 Å². The second-order valence-electron chi connectivity index (χ2n) is 4.12. The van der Waals surface area contributed by atoms with E-state index in [0.717, 1.165) is 12.1 Å². The third kappa shape index (κ3) is 4.68. The molecule has 20 heavy (non-hydrogen) atoms. The summed E-state index contributed by atoms with van der Waals surface area (Å²) in [6.45, 7) is 1.13. The summed E-state index contributed by atoms with van der Waals surface area (Å²) in [5.41, 5.74) is 4.68. The van der Waals surface area contributed by atoms with Crippen LogP contribution in [-0.2, 0) is 22.6 Å². The molecular formula is C12H16F3NO3S. The normalized spacial score (nSPS) is 12.4. The predicted octanol–water partition coefficient (Wildman–Crippen LogP) is 1.98. The van der Waals surface area contributed by atoms with Crippen molar-refractivity contribution in [1.29, 1.82) is 0 Å². The standard InChI is InChI=1S/C12H16F3NO3S/c1-2-20(17,18)6-5-19-11-4-3-9(8-16)7-10(11)12(13,14)15/h3-4,7H,2,5-6,8,16H2,1H3. The number of nitrogens with two attached hydrogens (primary N) is 1. The molecule has 0 heterocycles. The van der Waals surface area contributed by atoms with Crippen LogP contribution in [0.15, 0.2) is 18.2 Å². The Hall–Kier alpha value is -1.28. The quantitative estimate of drug-likeness (QED) is 0.872. The monoisotopic (exact) mass is 311 g/mol. The van der Waals surface area contributed by atoms with Crippen molar-refractivity contribution >= 4 is 9.84 Å². The Morgan fingerprint density at radius 1 is 1.30 bits per heavy atom. The van der Waals surface area contributed by atoms with E-state index in [4.69, 9.17) is 10.5 Å². The van der Waals surface area contributed by atoms with E-state index in [-0.39, 0.29) is 30.4 Å². The fraction of sp³-hybridized carbons (Fsp3) is 0.500. The van der Waals surface area contributed by atoms with Crippen LogP contribution in [0, 0.1) is 0 Å². The lowest BCUT2D eigenvalue weighted by Crippen LogP contribution is -2.17. The number of benzene rings is 1. The Morgan fingerprint density at radius 3 is 2.45 bits per heavy atom. The molecule has 114 valence electrons. The second kappa shape index (κ2) is 6.45. The molecule has 1 rings (SSSR count). The molecule has 0 atom stereocenters. The van der Waals surface area contributed by atoms with E-state index in [1.54, 1.807) is 0 Å². The summed E-state index contributed by atoms with van der Waals surface area (Å²) in [6.07, 6.45) is -4.58. The van der Waals surface area contributed by atoms with Crippen LogP contribution < -0.4 is 10.5 Å². The molecule has 0 aliphatic rings. The van der Waals surface area contributed by atoms with Crippen molar-refractivity contribution in [2.75, 3.05) is 18.1 Å². The van der Waals surface area contributed by atoms with Gasteiger partial charge in [0.2, 0.25) is 0 Å². The topological polar surface area (TPSA) is 69.4 Å². The molecular weight excluding hydrogens is 295 g/mol. The summed E-state index contributed by atoms with van der Waals surface area (Å²) in [5, 5.41) is 0. The first kappa shape index (κ1) is 16.8. The number of ether oxygens (including phenoxy) is 1. The SMILES string of the molecule is CCS(=O)(=O)CCOc1ccc(CN)cc1C(F)(F)F. The Morgan fingerprint density at radius 2 is 1.95 bits per heavy atom. The molecule has 0 spiro atoms. The summed E-state index contributed by atoms with van der Waals surface area (Å²) in [7, 11) is -3.28. The van der Waals surface area contributed by atoms with Gasteiger partial charge in [0.1, 0.15) is 12.4 Å². The van der Waals surface area contributed by atoms with Crippen LogP contribution in [0.1, 0.15) is 18.1 Å². The van der Waals surface area contributed by atoms with Gasteiger partial charge in [-0.2, -0.15) is 13.2 Å². The Kier molecular flexibility index (Phi) is 5.41. The number of hydrogen-bond donors (Lipinski definition) is 1. The highest BCUT2D eigenvalue weighted by atomic mass is 32.2. The van der Waals surface area contributed by atoms with Gasteiger partial charge < -0.3 is 10.5 Å². The van der Waals surface area contributed by atoms with Crippen molar-refractivity contribution in [2.45, 2.75) is 19.6 Å². The molecule has 0 radical (unpaired) electrons. The summed E-state index contributed by atoms with van der Waals surface area (Å²) < 4.78 is 66.0. The highest BCUT2D eigenvalue weighted by Gasteiger charge is 2.34. The number of alkyl halides is 3. The molecule has 2 N–H and O–H groups in total. The van der Waals surface area contributed by atoms with Gasteiger partial charge >= 0.3 is 6.18 Å². The largest absolute Gasteiger partial charge is 0.492 e. The molecule has 1 aromatic carbocycles. The average molecular weight is 311 g/mol. The lowest BCUT2D eigenvalue weighted by Gasteiger charge is -2.15. The molecule has 0 saturated heterocycles. The van der Waals surface area contributed by atoms with Crippen LogP contribution >= 0.6 is 0 Å². The maximum atomic E-state index is 12.9. The van der Waals surface area contributed by atoms with E-state index in [0.29, 0.717) is 5.56 Å². The summed E-state index contributed by atoms with van der Waals surface area (Å²) in [6, 6.07) is 3.48. The zero-order valence-corrected chi connectivity index (χ0v) is 11.7. The minimum absolute atomic E-state index is 0.0203. The first-order valence-electron chi connectivity index (χ1n) is 5.93. The number of halogens is 3. The molecule has 0 amide bonds. The van der Waals surface area contributed by atoms with Crippen LogP contribution in [0.2, 0.25) is 0 Å². The first-order valence-corrected chi connectivity index (χ1v) is 7.75. The van der Waals surface area contributed by atoms with E-state index < -0.39 is 21.6 Å².